The van der Waals surface area contributed by atoms with Crippen LogP contribution >= 0.6 is 0 Å². The van der Waals surface area contributed by atoms with Crippen molar-refractivity contribution in [3.8, 4) is 11.1 Å². The van der Waals surface area contributed by atoms with E-state index in [-0.39, 0.29) is 5.71 Å². The topological polar surface area (TPSA) is 83.6 Å². The highest BCUT2D eigenvalue weighted by Gasteiger charge is 2.44. The number of carboxylic acid groups (broad SMARTS) is 1. The number of benzene rings is 1. The molecule has 30 heavy (non-hydrogen) atoms. The standard InChI is InChI=1S/C21H17B3N2O4/c1-20(19(28)29)9-4-10-26(20)16-8-7-13-14(11-17(27)30-18(13)25-16)12-5-2-3-6-15(12)21(22,23)24/h2-3,5-8,11H,4,9-10H2,1H3,(H,28,29). The summed E-state index contributed by atoms with van der Waals surface area (Å²) >= 11 is 0. The van der Waals surface area contributed by atoms with E-state index in [4.69, 9.17) is 28.0 Å². The molecule has 1 aliphatic rings. The number of hydrogen-bond donors (Lipinski definition) is 1. The quantitative estimate of drug-likeness (QED) is 0.682. The molecule has 1 saturated heterocycles. The summed E-state index contributed by atoms with van der Waals surface area (Å²) in [4.78, 5) is 30.3. The molecule has 0 spiro atoms. The summed E-state index contributed by atoms with van der Waals surface area (Å²) < 4.78 is 5.34. The molecule has 4 rings (SSSR count). The number of hydrogen-bond acceptors (Lipinski definition) is 5. The zero-order valence-electron chi connectivity index (χ0n) is 16.5. The Morgan fingerprint density at radius 3 is 2.63 bits per heavy atom. The summed E-state index contributed by atoms with van der Waals surface area (Å²) in [6.07, 6.45) is 1.23. The van der Waals surface area contributed by atoms with Crippen LogP contribution < -0.4 is 10.5 Å². The van der Waals surface area contributed by atoms with Gasteiger partial charge in [-0.2, -0.15) is 4.98 Å². The van der Waals surface area contributed by atoms with Crippen molar-refractivity contribution in [2.24, 2.45) is 0 Å². The second-order valence-electron chi connectivity index (χ2n) is 7.81. The van der Waals surface area contributed by atoms with Crippen molar-refractivity contribution in [3.05, 3.63) is 58.4 Å². The summed E-state index contributed by atoms with van der Waals surface area (Å²) in [7, 11) is 17.8. The third-order valence-corrected chi connectivity index (χ3v) is 5.66. The molecule has 9 heteroatoms. The van der Waals surface area contributed by atoms with Gasteiger partial charge in [-0.25, -0.2) is 9.59 Å². The largest absolute Gasteiger partial charge is 0.480 e. The average molecular weight is 394 g/mol. The molecule has 1 aliphatic heterocycles. The lowest BCUT2D eigenvalue weighted by atomic mass is 9.39. The molecule has 2 aromatic heterocycles. The fraction of sp³-hybridized carbons (Fsp3) is 0.286. The van der Waals surface area contributed by atoms with Gasteiger partial charge in [-0.1, -0.05) is 29.8 Å². The van der Waals surface area contributed by atoms with Crippen molar-refractivity contribution in [2.45, 2.75) is 30.4 Å². The maximum Gasteiger partial charge on any atom is 0.338 e. The smallest absolute Gasteiger partial charge is 0.338 e. The van der Waals surface area contributed by atoms with E-state index in [9.17, 15) is 14.7 Å². The number of rotatable bonds is 4. The van der Waals surface area contributed by atoms with E-state index in [1.165, 1.54) is 6.07 Å². The van der Waals surface area contributed by atoms with E-state index in [0.29, 0.717) is 40.9 Å². The Labute approximate surface area is 177 Å². The highest BCUT2D eigenvalue weighted by molar-refractivity contribution is 6.59. The van der Waals surface area contributed by atoms with Gasteiger partial charge in [0.2, 0.25) is 5.71 Å². The van der Waals surface area contributed by atoms with E-state index in [2.05, 4.69) is 4.98 Å². The summed E-state index contributed by atoms with van der Waals surface area (Å²) in [6.45, 7) is 2.21. The molecule has 0 saturated carbocycles. The van der Waals surface area contributed by atoms with Crippen molar-refractivity contribution < 1.29 is 14.3 Å². The van der Waals surface area contributed by atoms with Crippen molar-refractivity contribution in [3.63, 3.8) is 0 Å². The van der Waals surface area contributed by atoms with Crippen LogP contribution in [0.25, 0.3) is 22.2 Å². The fourth-order valence-electron chi connectivity index (χ4n) is 4.06. The normalized spacial score (nSPS) is 19.3. The Morgan fingerprint density at radius 2 is 1.93 bits per heavy atom. The average Bonchev–Trinajstić information content (AvgIpc) is 3.09. The molecule has 1 atom stereocenters. The minimum absolute atomic E-state index is 0.0982. The zero-order chi connectivity index (χ0) is 21.7. The van der Waals surface area contributed by atoms with E-state index in [1.54, 1.807) is 48.2 Å². The van der Waals surface area contributed by atoms with Crippen molar-refractivity contribution in [1.29, 1.82) is 0 Å². The molecule has 0 amide bonds. The molecular formula is C21H17B3N2O4. The molecule has 3 aromatic rings. The maximum absolute atomic E-state index is 12.3. The summed E-state index contributed by atoms with van der Waals surface area (Å²) in [6, 6.07) is 11.8. The summed E-state index contributed by atoms with van der Waals surface area (Å²) in [5.74, 6) is -0.486. The molecule has 3 heterocycles. The van der Waals surface area contributed by atoms with Gasteiger partial charge in [0, 0.05) is 23.6 Å². The van der Waals surface area contributed by atoms with Gasteiger partial charge in [0.25, 0.3) is 0 Å². The number of carbonyl (C=O) groups is 1. The fourth-order valence-corrected chi connectivity index (χ4v) is 4.06. The lowest BCUT2D eigenvalue weighted by Crippen LogP contribution is -2.48. The van der Waals surface area contributed by atoms with Gasteiger partial charge in [-0.05, 0) is 37.5 Å². The van der Waals surface area contributed by atoms with Crippen LogP contribution in [0.2, 0.25) is 0 Å². The highest BCUT2D eigenvalue weighted by atomic mass is 16.4. The Kier molecular flexibility index (Phi) is 4.79. The van der Waals surface area contributed by atoms with Crippen LogP contribution in [0.15, 0.2) is 51.7 Å². The molecule has 1 aromatic carbocycles. The van der Waals surface area contributed by atoms with E-state index >= 15 is 0 Å². The molecular weight excluding hydrogens is 377 g/mol. The lowest BCUT2D eigenvalue weighted by molar-refractivity contribution is -0.142. The molecule has 1 fully saturated rings. The predicted octanol–water partition coefficient (Wildman–Crippen LogP) is 1.91. The minimum Gasteiger partial charge on any atom is -0.480 e. The van der Waals surface area contributed by atoms with Crippen LogP contribution in [0.5, 0.6) is 0 Å². The molecule has 1 unspecified atom stereocenters. The molecule has 0 aliphatic carbocycles. The Balaban J connectivity index is 1.91. The number of fused-ring (bicyclic) bond motifs is 1. The molecule has 144 valence electrons. The monoisotopic (exact) mass is 394 g/mol. The van der Waals surface area contributed by atoms with E-state index < -0.39 is 22.2 Å². The first-order chi connectivity index (χ1) is 14.1. The number of aromatic nitrogens is 1. The van der Waals surface area contributed by atoms with Gasteiger partial charge in [-0.3, -0.25) is 0 Å². The predicted molar refractivity (Wildman–Crippen MR) is 117 cm³/mol. The van der Waals surface area contributed by atoms with Gasteiger partial charge < -0.3 is 14.4 Å². The highest BCUT2D eigenvalue weighted by Crippen LogP contribution is 2.36. The first-order valence-electron chi connectivity index (χ1n) is 9.54. The zero-order valence-corrected chi connectivity index (χ0v) is 16.5. The number of carboxylic acids is 1. The Hall–Kier alpha value is -2.96. The lowest BCUT2D eigenvalue weighted by Gasteiger charge is -2.32. The third-order valence-electron chi connectivity index (χ3n) is 5.66. The van der Waals surface area contributed by atoms with Crippen LogP contribution in [0.1, 0.15) is 25.3 Å². The van der Waals surface area contributed by atoms with Gasteiger partial charge in [0.15, 0.2) is 0 Å². The second kappa shape index (κ2) is 7.08. The van der Waals surface area contributed by atoms with Crippen molar-refractivity contribution >= 4 is 46.4 Å². The van der Waals surface area contributed by atoms with Crippen molar-refractivity contribution in [2.75, 3.05) is 11.4 Å². The van der Waals surface area contributed by atoms with Gasteiger partial charge >= 0.3 is 11.6 Å². The first kappa shape index (κ1) is 20.3. The summed E-state index contributed by atoms with van der Waals surface area (Å²) in [5, 5.41) is 8.64. The van der Waals surface area contributed by atoms with Crippen LogP contribution in [0, 0.1) is 0 Å². The third kappa shape index (κ3) is 3.32. The van der Waals surface area contributed by atoms with Gasteiger partial charge in [-0.15, -0.1) is 5.11 Å². The van der Waals surface area contributed by atoms with Crippen LogP contribution in [0.3, 0.4) is 0 Å². The van der Waals surface area contributed by atoms with E-state index in [1.807, 2.05) is 0 Å². The van der Waals surface area contributed by atoms with E-state index in [0.717, 1.165) is 6.42 Å². The van der Waals surface area contributed by atoms with Crippen LogP contribution in [-0.4, -0.2) is 51.7 Å². The second-order valence-corrected chi connectivity index (χ2v) is 7.81. The molecule has 0 bridgehead atoms. The first-order valence-corrected chi connectivity index (χ1v) is 9.54. The number of pyridine rings is 1. The van der Waals surface area contributed by atoms with Gasteiger partial charge in [0.05, 0.1) is 23.5 Å². The Bertz CT molecular complexity index is 1200. The molecule has 6 nitrogen and oxygen atoms in total. The van der Waals surface area contributed by atoms with Gasteiger partial charge in [0.1, 0.15) is 11.4 Å². The molecule has 1 N–H and O–H groups in total. The summed E-state index contributed by atoms with van der Waals surface area (Å²) in [5.41, 5.74) is 0.0119. The molecule has 6 radical (unpaired) electrons. The number of nitrogens with zero attached hydrogens (tertiary/aromatic N) is 2. The number of anilines is 1. The van der Waals surface area contributed by atoms with Crippen LogP contribution in [-0.2, 0) is 9.91 Å². The number of aliphatic carboxylic acids is 1. The van der Waals surface area contributed by atoms with Crippen molar-refractivity contribution in [1.82, 2.24) is 4.98 Å². The van der Waals surface area contributed by atoms with Crippen LogP contribution in [0.4, 0.5) is 5.82 Å². The minimum atomic E-state index is -1.61. The maximum atomic E-state index is 12.3. The SMILES string of the molecule is [B]C([B])([B])c1ccccc1-c1cc(=O)oc2nc(N3CCCC3(C)C(=O)O)ccc12. The Morgan fingerprint density at radius 1 is 1.20 bits per heavy atom.